The first-order chi connectivity index (χ1) is 12.3. The van der Waals surface area contributed by atoms with Crippen LogP contribution in [0.1, 0.15) is 39.0 Å². The van der Waals surface area contributed by atoms with Gasteiger partial charge in [0.05, 0.1) is 0 Å². The number of aliphatic hydroxyl groups is 1. The van der Waals surface area contributed by atoms with Crippen LogP contribution in [-0.4, -0.2) is 35.1 Å². The van der Waals surface area contributed by atoms with Gasteiger partial charge in [0.15, 0.2) is 0 Å². The molecular weight excluding hydrogens is 378 g/mol. The molecule has 0 aromatic heterocycles. The topological polar surface area (TPSA) is 46.5 Å². The second-order valence-corrected chi connectivity index (χ2v) is 8.33. The molecule has 4 saturated carbocycles. The third-order valence-electron chi connectivity index (χ3n) is 6.66. The number of alkyl halides is 6. The van der Waals surface area contributed by atoms with Crippen LogP contribution in [0.2, 0.25) is 0 Å². The fourth-order valence-electron chi connectivity index (χ4n) is 5.55. The van der Waals surface area contributed by atoms with Gasteiger partial charge in [0.2, 0.25) is 0 Å². The molecule has 0 spiro atoms. The van der Waals surface area contributed by atoms with Crippen LogP contribution in [0, 0.1) is 29.6 Å². The summed E-state index contributed by atoms with van der Waals surface area (Å²) in [6, 6.07) is 0. The van der Waals surface area contributed by atoms with Gasteiger partial charge in [0.1, 0.15) is 6.10 Å². The van der Waals surface area contributed by atoms with Gasteiger partial charge in [-0.2, -0.15) is 26.3 Å². The Balaban J connectivity index is 1.93. The molecule has 4 bridgehead atoms. The van der Waals surface area contributed by atoms with E-state index in [1.165, 1.54) is 0 Å². The first-order valence-electron chi connectivity index (χ1n) is 8.98. The summed E-state index contributed by atoms with van der Waals surface area (Å²) < 4.78 is 84.8. The van der Waals surface area contributed by atoms with Crippen molar-refractivity contribution in [3.63, 3.8) is 0 Å². The summed E-state index contributed by atoms with van der Waals surface area (Å²) in [4.78, 5) is 11.8. The summed E-state index contributed by atoms with van der Waals surface area (Å²) >= 11 is 0. The Morgan fingerprint density at radius 2 is 1.63 bits per heavy atom. The summed E-state index contributed by atoms with van der Waals surface area (Å²) in [6.07, 6.45) is -12.2. The van der Waals surface area contributed by atoms with E-state index < -0.39 is 42.4 Å². The van der Waals surface area contributed by atoms with E-state index in [9.17, 15) is 36.2 Å². The molecule has 6 unspecified atom stereocenters. The second kappa shape index (κ2) is 6.39. The molecule has 0 saturated heterocycles. The third kappa shape index (κ3) is 3.25. The van der Waals surface area contributed by atoms with E-state index in [4.69, 9.17) is 0 Å². The van der Waals surface area contributed by atoms with E-state index in [2.05, 4.69) is 11.3 Å². The van der Waals surface area contributed by atoms with Crippen LogP contribution in [0.4, 0.5) is 26.3 Å². The lowest BCUT2D eigenvalue weighted by atomic mass is 9.72. The highest BCUT2D eigenvalue weighted by Crippen LogP contribution is 2.63. The Hall–Kier alpha value is -1.25. The number of hydrogen-bond donors (Lipinski definition) is 1. The van der Waals surface area contributed by atoms with Crippen molar-refractivity contribution in [2.45, 2.75) is 63.1 Å². The van der Waals surface area contributed by atoms with E-state index >= 15 is 0 Å². The number of carbonyl (C=O) groups is 1. The highest BCUT2D eigenvalue weighted by molar-refractivity contribution is 5.87. The van der Waals surface area contributed by atoms with Gasteiger partial charge in [-0.05, 0) is 68.6 Å². The van der Waals surface area contributed by atoms with E-state index in [0.717, 1.165) is 32.6 Å². The van der Waals surface area contributed by atoms with Crippen molar-refractivity contribution in [3.05, 3.63) is 12.2 Å². The van der Waals surface area contributed by atoms with Crippen molar-refractivity contribution >= 4 is 5.97 Å². The first-order valence-corrected chi connectivity index (χ1v) is 8.98. The quantitative estimate of drug-likeness (QED) is 0.423. The van der Waals surface area contributed by atoms with Crippen LogP contribution in [0.25, 0.3) is 0 Å². The molecule has 0 aromatic rings. The molecule has 0 aromatic carbocycles. The molecule has 4 aliphatic carbocycles. The molecule has 154 valence electrons. The molecule has 3 nitrogen and oxygen atoms in total. The zero-order valence-electron chi connectivity index (χ0n) is 14.7. The minimum absolute atomic E-state index is 0.0178. The van der Waals surface area contributed by atoms with Crippen LogP contribution in [0.3, 0.4) is 0 Å². The van der Waals surface area contributed by atoms with E-state index in [-0.39, 0.29) is 17.4 Å². The fraction of sp³-hybridized carbons (Fsp3) is 0.833. The summed E-state index contributed by atoms with van der Waals surface area (Å²) in [5, 5.41) is 9.82. The van der Waals surface area contributed by atoms with Gasteiger partial charge in [-0.25, -0.2) is 4.79 Å². The Labute approximate surface area is 152 Å². The van der Waals surface area contributed by atoms with Crippen LogP contribution < -0.4 is 0 Å². The maximum atomic E-state index is 13.4. The van der Waals surface area contributed by atoms with Gasteiger partial charge < -0.3 is 9.84 Å². The lowest BCUT2D eigenvalue weighted by Crippen LogP contribution is -2.65. The molecule has 1 N–H and O–H groups in total. The fourth-order valence-corrected chi connectivity index (χ4v) is 5.55. The van der Waals surface area contributed by atoms with E-state index in [1.54, 1.807) is 0 Å². The van der Waals surface area contributed by atoms with Gasteiger partial charge in [-0.1, -0.05) is 6.58 Å². The third-order valence-corrected chi connectivity index (χ3v) is 6.66. The monoisotopic (exact) mass is 400 g/mol. The zero-order chi connectivity index (χ0) is 20.4. The van der Waals surface area contributed by atoms with Crippen LogP contribution in [0.5, 0.6) is 0 Å². The van der Waals surface area contributed by atoms with Crippen molar-refractivity contribution < 1.29 is 41.0 Å². The van der Waals surface area contributed by atoms with Gasteiger partial charge >= 0.3 is 18.3 Å². The van der Waals surface area contributed by atoms with Gasteiger partial charge in [-0.3, -0.25) is 0 Å². The van der Waals surface area contributed by atoms with Crippen molar-refractivity contribution in [3.8, 4) is 0 Å². The molecule has 6 atom stereocenters. The Morgan fingerprint density at radius 3 is 2.11 bits per heavy atom. The summed E-state index contributed by atoms with van der Waals surface area (Å²) in [7, 11) is 0. The lowest BCUT2D eigenvalue weighted by molar-refractivity contribution is -0.392. The molecular formula is C18H22F6O3. The number of halogens is 6. The molecule has 0 aliphatic heterocycles. The molecule has 4 fully saturated rings. The number of rotatable bonds is 5. The largest absolute Gasteiger partial charge is 0.455 e. The maximum absolute atomic E-state index is 13.4. The van der Waals surface area contributed by atoms with Gasteiger partial charge in [0.25, 0.3) is 5.60 Å². The molecule has 4 rings (SSSR count). The van der Waals surface area contributed by atoms with Crippen molar-refractivity contribution in [1.82, 2.24) is 0 Å². The lowest BCUT2D eigenvalue weighted by Gasteiger charge is -2.41. The first kappa shape index (κ1) is 20.5. The van der Waals surface area contributed by atoms with E-state index in [1.807, 2.05) is 0 Å². The van der Waals surface area contributed by atoms with Crippen LogP contribution in [-0.2, 0) is 9.53 Å². The molecule has 9 heteroatoms. The maximum Gasteiger partial charge on any atom is 0.430 e. The summed E-state index contributed by atoms with van der Waals surface area (Å²) in [5.41, 5.74) is -5.45. The minimum atomic E-state index is -6.04. The molecule has 27 heavy (non-hydrogen) atoms. The van der Waals surface area contributed by atoms with E-state index in [0.29, 0.717) is 11.8 Å². The molecule has 0 heterocycles. The highest BCUT2D eigenvalue weighted by atomic mass is 19.4. The van der Waals surface area contributed by atoms with Crippen LogP contribution >= 0.6 is 0 Å². The average Bonchev–Trinajstić information content (AvgIpc) is 2.92. The van der Waals surface area contributed by atoms with Crippen molar-refractivity contribution in [2.24, 2.45) is 29.6 Å². The Bertz CT molecular complexity index is 608. The summed E-state index contributed by atoms with van der Waals surface area (Å²) in [6.45, 7) is 4.33. The van der Waals surface area contributed by atoms with Crippen LogP contribution in [0.15, 0.2) is 12.2 Å². The molecule has 0 amide bonds. The normalized spacial score (nSPS) is 34.0. The Kier molecular flexibility index (Phi) is 4.85. The molecule has 0 radical (unpaired) electrons. The second-order valence-electron chi connectivity index (χ2n) is 8.33. The highest BCUT2D eigenvalue weighted by Gasteiger charge is 2.76. The standard InChI is InChI=1S/C18H22F6O3/c1-8(2)15(25)27-14(16(26,17(19,20)21)18(22,23)24)7-13-11-4-9-3-10(6-11)12(13)5-9/h9-14,26H,1,3-7H2,2H3. The zero-order valence-corrected chi connectivity index (χ0v) is 14.7. The van der Waals surface area contributed by atoms with Gasteiger partial charge in [0, 0.05) is 5.57 Å². The predicted octanol–water partition coefficient (Wildman–Crippen LogP) is 4.40. The Morgan fingerprint density at radius 1 is 1.07 bits per heavy atom. The molecule has 4 aliphatic rings. The number of hydrogen-bond acceptors (Lipinski definition) is 3. The van der Waals surface area contributed by atoms with Crippen molar-refractivity contribution in [2.75, 3.05) is 0 Å². The van der Waals surface area contributed by atoms with Gasteiger partial charge in [-0.15, -0.1) is 0 Å². The predicted molar refractivity (Wildman–Crippen MR) is 82.3 cm³/mol. The number of ether oxygens (including phenoxy) is 1. The SMILES string of the molecule is C=C(C)C(=O)OC(CC1C2CC3CC(C2)C1C3)C(O)(C(F)(F)F)C(F)(F)F. The smallest absolute Gasteiger partial charge is 0.430 e. The summed E-state index contributed by atoms with van der Waals surface area (Å²) in [5.74, 6) is -0.960. The number of carbonyl (C=O) groups excluding carboxylic acids is 1. The minimum Gasteiger partial charge on any atom is -0.455 e. The van der Waals surface area contributed by atoms with Crippen molar-refractivity contribution in [1.29, 1.82) is 0 Å². The average molecular weight is 400 g/mol. The number of esters is 1.